The monoisotopic (exact) mass is 267 g/mol. The first-order valence-electron chi connectivity index (χ1n) is 7.09. The Kier molecular flexibility index (Phi) is 3.13. The van der Waals surface area contributed by atoms with Gasteiger partial charge in [-0.15, -0.1) is 0 Å². The molecule has 0 unspecified atom stereocenters. The van der Waals surface area contributed by atoms with Gasteiger partial charge in [0.2, 0.25) is 0 Å². The third-order valence-electron chi connectivity index (χ3n) is 3.93. The molecule has 2 aromatic rings. The van der Waals surface area contributed by atoms with Crippen molar-refractivity contribution in [1.29, 1.82) is 0 Å². The fraction of sp³-hybridized carbons (Fsp3) is 0.353. The van der Waals surface area contributed by atoms with E-state index in [1.165, 1.54) is 23.2 Å². The highest BCUT2D eigenvalue weighted by Gasteiger charge is 2.29. The molecule has 0 saturated carbocycles. The largest absolute Gasteiger partial charge is 0.384 e. The van der Waals surface area contributed by atoms with Gasteiger partial charge < -0.3 is 11.1 Å². The van der Waals surface area contributed by atoms with E-state index in [0.717, 1.165) is 18.5 Å². The standard InChI is InChI=1S/C17H21N3/c1-17(2)8-13-4-3-5-15(14(13)9-17)19-10-12-6-7-16(18)20-11-12/h3-7,11,19H,8-10H2,1-2H3,(H2,18,20). The molecule has 0 fully saturated rings. The Hall–Kier alpha value is -2.03. The molecule has 3 nitrogen and oxygen atoms in total. The SMILES string of the molecule is CC1(C)Cc2cccc(NCc3ccc(N)nc3)c2C1. The van der Waals surface area contributed by atoms with E-state index >= 15 is 0 Å². The van der Waals surface area contributed by atoms with Gasteiger partial charge in [0.25, 0.3) is 0 Å². The van der Waals surface area contributed by atoms with E-state index in [9.17, 15) is 0 Å². The van der Waals surface area contributed by atoms with Gasteiger partial charge in [-0.25, -0.2) is 4.98 Å². The maximum absolute atomic E-state index is 5.61. The summed E-state index contributed by atoms with van der Waals surface area (Å²) in [4.78, 5) is 4.12. The molecule has 1 aromatic heterocycles. The molecule has 0 spiro atoms. The van der Waals surface area contributed by atoms with Crippen molar-refractivity contribution in [1.82, 2.24) is 4.98 Å². The number of nitrogen functional groups attached to an aromatic ring is 1. The molecule has 0 aliphatic heterocycles. The molecule has 0 radical (unpaired) electrons. The van der Waals surface area contributed by atoms with Gasteiger partial charge in [0.05, 0.1) is 0 Å². The minimum absolute atomic E-state index is 0.378. The Morgan fingerprint density at radius 1 is 1.20 bits per heavy atom. The van der Waals surface area contributed by atoms with Crippen LogP contribution in [-0.4, -0.2) is 4.98 Å². The number of pyridine rings is 1. The molecule has 1 heterocycles. The second-order valence-electron chi connectivity index (χ2n) is 6.41. The second kappa shape index (κ2) is 4.82. The molecule has 0 saturated heterocycles. The Bertz CT molecular complexity index is 615. The van der Waals surface area contributed by atoms with Crippen LogP contribution in [0.3, 0.4) is 0 Å². The molecule has 1 aromatic carbocycles. The predicted octanol–water partition coefficient (Wildman–Crippen LogP) is 3.40. The molecule has 0 atom stereocenters. The van der Waals surface area contributed by atoms with Gasteiger partial charge in [0.1, 0.15) is 5.82 Å². The second-order valence-corrected chi connectivity index (χ2v) is 6.41. The van der Waals surface area contributed by atoms with Crippen molar-refractivity contribution in [3.63, 3.8) is 0 Å². The molecular formula is C17H21N3. The highest BCUT2D eigenvalue weighted by molar-refractivity contribution is 5.57. The molecule has 104 valence electrons. The quantitative estimate of drug-likeness (QED) is 0.896. The number of rotatable bonds is 3. The summed E-state index contributed by atoms with van der Waals surface area (Å²) >= 11 is 0. The Balaban J connectivity index is 1.76. The van der Waals surface area contributed by atoms with Crippen LogP contribution in [0.1, 0.15) is 30.5 Å². The van der Waals surface area contributed by atoms with Crippen molar-refractivity contribution < 1.29 is 0 Å². The zero-order valence-electron chi connectivity index (χ0n) is 12.1. The number of hydrogen-bond donors (Lipinski definition) is 2. The Morgan fingerprint density at radius 3 is 2.80 bits per heavy atom. The zero-order valence-corrected chi connectivity index (χ0v) is 12.1. The highest BCUT2D eigenvalue weighted by atomic mass is 14.9. The number of fused-ring (bicyclic) bond motifs is 1. The van der Waals surface area contributed by atoms with Crippen molar-refractivity contribution in [3.8, 4) is 0 Å². The van der Waals surface area contributed by atoms with Crippen LogP contribution in [0.15, 0.2) is 36.5 Å². The van der Waals surface area contributed by atoms with E-state index in [1.54, 1.807) is 0 Å². The maximum atomic E-state index is 5.61. The summed E-state index contributed by atoms with van der Waals surface area (Å²) < 4.78 is 0. The van der Waals surface area contributed by atoms with Gasteiger partial charge in [0, 0.05) is 18.4 Å². The lowest BCUT2D eigenvalue weighted by atomic mass is 9.90. The number of benzene rings is 1. The van der Waals surface area contributed by atoms with Crippen LogP contribution in [0.25, 0.3) is 0 Å². The third kappa shape index (κ3) is 2.62. The highest BCUT2D eigenvalue weighted by Crippen LogP contribution is 2.39. The van der Waals surface area contributed by atoms with E-state index in [2.05, 4.69) is 42.3 Å². The van der Waals surface area contributed by atoms with E-state index in [0.29, 0.717) is 11.2 Å². The first kappa shape index (κ1) is 13.0. The predicted molar refractivity (Wildman–Crippen MR) is 83.6 cm³/mol. The molecule has 1 aliphatic carbocycles. The molecule has 3 heteroatoms. The lowest BCUT2D eigenvalue weighted by molar-refractivity contribution is 0.393. The summed E-state index contributed by atoms with van der Waals surface area (Å²) in [5.41, 5.74) is 11.3. The molecule has 3 N–H and O–H groups in total. The number of nitrogens with two attached hydrogens (primary N) is 1. The first-order chi connectivity index (χ1) is 9.53. The van der Waals surface area contributed by atoms with Crippen molar-refractivity contribution >= 4 is 11.5 Å². The maximum Gasteiger partial charge on any atom is 0.123 e. The number of aromatic nitrogens is 1. The van der Waals surface area contributed by atoms with Crippen molar-refractivity contribution in [2.75, 3.05) is 11.1 Å². The summed E-state index contributed by atoms with van der Waals surface area (Å²) in [6, 6.07) is 10.4. The van der Waals surface area contributed by atoms with Gasteiger partial charge in [-0.3, -0.25) is 0 Å². The average molecular weight is 267 g/mol. The van der Waals surface area contributed by atoms with E-state index in [-0.39, 0.29) is 0 Å². The summed E-state index contributed by atoms with van der Waals surface area (Å²) in [6.45, 7) is 5.45. The third-order valence-corrected chi connectivity index (χ3v) is 3.93. The zero-order chi connectivity index (χ0) is 14.2. The van der Waals surface area contributed by atoms with Gasteiger partial charge in [-0.1, -0.05) is 32.0 Å². The number of anilines is 2. The van der Waals surface area contributed by atoms with Crippen LogP contribution in [-0.2, 0) is 19.4 Å². The smallest absolute Gasteiger partial charge is 0.123 e. The number of hydrogen-bond acceptors (Lipinski definition) is 3. The molecule has 1 aliphatic rings. The minimum atomic E-state index is 0.378. The molecular weight excluding hydrogens is 246 g/mol. The summed E-state index contributed by atoms with van der Waals surface area (Å²) in [6.07, 6.45) is 4.14. The fourth-order valence-corrected chi connectivity index (χ4v) is 2.97. The first-order valence-corrected chi connectivity index (χ1v) is 7.09. The van der Waals surface area contributed by atoms with Crippen LogP contribution in [0.2, 0.25) is 0 Å². The van der Waals surface area contributed by atoms with E-state index < -0.39 is 0 Å². The number of nitrogens with one attached hydrogen (secondary N) is 1. The van der Waals surface area contributed by atoms with E-state index in [4.69, 9.17) is 5.73 Å². The molecule has 20 heavy (non-hydrogen) atoms. The van der Waals surface area contributed by atoms with Crippen LogP contribution in [0, 0.1) is 5.41 Å². The summed E-state index contributed by atoms with van der Waals surface area (Å²) in [5.74, 6) is 0.566. The lowest BCUT2D eigenvalue weighted by Crippen LogP contribution is -2.10. The lowest BCUT2D eigenvalue weighted by Gasteiger charge is -2.16. The van der Waals surface area contributed by atoms with Crippen molar-refractivity contribution in [2.45, 2.75) is 33.2 Å². The van der Waals surface area contributed by atoms with Crippen LogP contribution >= 0.6 is 0 Å². The number of nitrogens with zero attached hydrogens (tertiary/aromatic N) is 1. The molecule has 3 rings (SSSR count). The summed E-state index contributed by atoms with van der Waals surface area (Å²) in [7, 11) is 0. The average Bonchev–Trinajstić information content (AvgIpc) is 2.72. The van der Waals surface area contributed by atoms with Crippen LogP contribution in [0.4, 0.5) is 11.5 Å². The minimum Gasteiger partial charge on any atom is -0.384 e. The van der Waals surface area contributed by atoms with Crippen LogP contribution in [0.5, 0.6) is 0 Å². The topological polar surface area (TPSA) is 50.9 Å². The van der Waals surface area contributed by atoms with Gasteiger partial charge in [-0.05, 0) is 47.1 Å². The normalized spacial score (nSPS) is 15.9. The van der Waals surface area contributed by atoms with Gasteiger partial charge in [0.15, 0.2) is 0 Å². The van der Waals surface area contributed by atoms with Gasteiger partial charge in [-0.2, -0.15) is 0 Å². The summed E-state index contributed by atoms with van der Waals surface area (Å²) in [5, 5.41) is 3.54. The Morgan fingerprint density at radius 2 is 2.05 bits per heavy atom. The molecule has 0 bridgehead atoms. The van der Waals surface area contributed by atoms with Crippen LogP contribution < -0.4 is 11.1 Å². The van der Waals surface area contributed by atoms with Gasteiger partial charge >= 0.3 is 0 Å². The van der Waals surface area contributed by atoms with Crippen molar-refractivity contribution in [3.05, 3.63) is 53.2 Å². The fourth-order valence-electron chi connectivity index (χ4n) is 2.97. The van der Waals surface area contributed by atoms with E-state index in [1.807, 2.05) is 18.3 Å². The molecule has 0 amide bonds. The Labute approximate surface area is 120 Å². The van der Waals surface area contributed by atoms with Crippen molar-refractivity contribution in [2.24, 2.45) is 5.41 Å².